The summed E-state index contributed by atoms with van der Waals surface area (Å²) in [7, 11) is 0. The van der Waals surface area contributed by atoms with Gasteiger partial charge in [0, 0.05) is 49.4 Å². The fourth-order valence-electron chi connectivity index (χ4n) is 10.6. The Hall–Kier alpha value is -8.07. The SMILES string of the molecule is CC(C)(C)c1ccc2c(c1)c1cc(C(C)(C)C)ccc1n2-c1ccc(C#N)cc1-c1cc(-c2nc(-c3ccccc3)cc(-c3ccccc3)n2)ccc1-n1c2ccc(C(C)(C)C)cc2c2cc(C(C)(C)C)ccc21. The molecule has 3 aromatic heterocycles. The minimum absolute atomic E-state index is 0.0525. The predicted molar refractivity (Wildman–Crippen MR) is 312 cm³/mol. The predicted octanol–water partition coefficient (Wildman–Crippen LogP) is 18.4. The first-order chi connectivity index (χ1) is 35.2. The normalized spacial score (nSPS) is 12.6. The van der Waals surface area contributed by atoms with Crippen LogP contribution in [0, 0.1) is 11.3 Å². The molecule has 0 spiro atoms. The highest BCUT2D eigenvalue weighted by Gasteiger charge is 2.27. The summed E-state index contributed by atoms with van der Waals surface area (Å²) < 4.78 is 4.87. The van der Waals surface area contributed by atoms with E-state index in [1.807, 2.05) is 18.2 Å². The van der Waals surface area contributed by atoms with Crippen LogP contribution < -0.4 is 0 Å². The summed E-state index contributed by atoms with van der Waals surface area (Å²) in [5.74, 6) is 0.615. The monoisotopic (exact) mass is 964 g/mol. The molecule has 3 heterocycles. The van der Waals surface area contributed by atoms with Gasteiger partial charge in [0.05, 0.1) is 56.5 Å². The molecular formula is C69H65N5. The number of nitriles is 1. The Morgan fingerprint density at radius 1 is 0.351 bits per heavy atom. The number of aromatic nitrogens is 4. The average molecular weight is 964 g/mol. The van der Waals surface area contributed by atoms with Gasteiger partial charge in [-0.1, -0.05) is 168 Å². The Balaban J connectivity index is 1.27. The van der Waals surface area contributed by atoms with Crippen LogP contribution in [0.15, 0.2) is 176 Å². The van der Waals surface area contributed by atoms with Crippen molar-refractivity contribution >= 4 is 43.6 Å². The maximum absolute atomic E-state index is 10.8. The summed E-state index contributed by atoms with van der Waals surface area (Å²) in [5, 5.41) is 15.7. The molecule has 5 nitrogen and oxygen atoms in total. The lowest BCUT2D eigenvalue weighted by Crippen LogP contribution is -2.10. The van der Waals surface area contributed by atoms with Gasteiger partial charge in [-0.25, -0.2) is 9.97 Å². The van der Waals surface area contributed by atoms with E-state index in [4.69, 9.17) is 9.97 Å². The largest absolute Gasteiger partial charge is 0.309 e. The number of hydrogen-bond acceptors (Lipinski definition) is 3. The number of fused-ring (bicyclic) bond motifs is 6. The van der Waals surface area contributed by atoms with Crippen LogP contribution in [0.1, 0.15) is 111 Å². The van der Waals surface area contributed by atoms with Gasteiger partial charge in [0.25, 0.3) is 0 Å². The minimum atomic E-state index is -0.0554. The lowest BCUT2D eigenvalue weighted by molar-refractivity contribution is 0.590. The zero-order valence-electron chi connectivity index (χ0n) is 45.0. The van der Waals surface area contributed by atoms with Gasteiger partial charge in [0.1, 0.15) is 0 Å². The highest BCUT2D eigenvalue weighted by Crippen LogP contribution is 2.45. The van der Waals surface area contributed by atoms with Crippen molar-refractivity contribution < 1.29 is 0 Å². The van der Waals surface area contributed by atoms with Crippen molar-refractivity contribution in [2.75, 3.05) is 0 Å². The highest BCUT2D eigenvalue weighted by molar-refractivity contribution is 6.12. The summed E-state index contributed by atoms with van der Waals surface area (Å²) in [6, 6.07) is 66.2. The molecule has 0 aliphatic heterocycles. The molecule has 0 bridgehead atoms. The maximum atomic E-state index is 10.8. The molecule has 0 aliphatic rings. The molecule has 5 heteroatoms. The minimum Gasteiger partial charge on any atom is -0.309 e. The van der Waals surface area contributed by atoms with E-state index in [-0.39, 0.29) is 21.7 Å². The molecule has 0 saturated carbocycles. The Labute approximate surface area is 436 Å². The van der Waals surface area contributed by atoms with Gasteiger partial charge in [-0.3, -0.25) is 0 Å². The van der Waals surface area contributed by atoms with Crippen LogP contribution in [0.25, 0.3) is 100 Å². The van der Waals surface area contributed by atoms with E-state index in [0.29, 0.717) is 11.4 Å². The molecule has 0 fully saturated rings. The summed E-state index contributed by atoms with van der Waals surface area (Å²) in [4.78, 5) is 10.7. The second-order valence-electron chi connectivity index (χ2n) is 24.4. The van der Waals surface area contributed by atoms with Crippen molar-refractivity contribution in [1.82, 2.24) is 19.1 Å². The van der Waals surface area contributed by atoms with Crippen LogP contribution in [-0.4, -0.2) is 19.1 Å². The molecule has 0 atom stereocenters. The van der Waals surface area contributed by atoms with Gasteiger partial charge < -0.3 is 9.13 Å². The first-order valence-corrected chi connectivity index (χ1v) is 26.0. The van der Waals surface area contributed by atoms with Crippen LogP contribution in [-0.2, 0) is 21.7 Å². The molecule has 0 aliphatic carbocycles. The summed E-state index contributed by atoms with van der Waals surface area (Å²) in [6.45, 7) is 27.4. The van der Waals surface area contributed by atoms with E-state index >= 15 is 0 Å². The molecule has 8 aromatic carbocycles. The third kappa shape index (κ3) is 8.56. The number of rotatable bonds is 6. The first-order valence-electron chi connectivity index (χ1n) is 26.0. The van der Waals surface area contributed by atoms with Crippen molar-refractivity contribution in [2.24, 2.45) is 0 Å². The van der Waals surface area contributed by atoms with Crippen molar-refractivity contribution in [3.63, 3.8) is 0 Å². The highest BCUT2D eigenvalue weighted by atomic mass is 15.0. The second kappa shape index (κ2) is 17.6. The third-order valence-corrected chi connectivity index (χ3v) is 15.0. The molecule has 11 rings (SSSR count). The van der Waals surface area contributed by atoms with Crippen LogP contribution in [0.3, 0.4) is 0 Å². The lowest BCUT2D eigenvalue weighted by Gasteiger charge is -2.22. The maximum Gasteiger partial charge on any atom is 0.160 e. The van der Waals surface area contributed by atoms with Gasteiger partial charge in [-0.15, -0.1) is 0 Å². The molecule has 74 heavy (non-hydrogen) atoms. The molecule has 11 aromatic rings. The van der Waals surface area contributed by atoms with Gasteiger partial charge >= 0.3 is 0 Å². The Morgan fingerprint density at radius 2 is 0.703 bits per heavy atom. The molecule has 0 radical (unpaired) electrons. The molecule has 366 valence electrons. The summed E-state index contributed by atoms with van der Waals surface area (Å²) in [6.07, 6.45) is 0. The number of nitrogens with zero attached hydrogens (tertiary/aromatic N) is 5. The van der Waals surface area contributed by atoms with Gasteiger partial charge in [0.2, 0.25) is 0 Å². The van der Waals surface area contributed by atoms with Gasteiger partial charge in [-0.05, 0) is 135 Å². The van der Waals surface area contributed by atoms with E-state index in [0.717, 1.165) is 72.6 Å². The molecule has 0 N–H and O–H groups in total. The number of hydrogen-bond donors (Lipinski definition) is 0. The molecule has 0 amide bonds. The smallest absolute Gasteiger partial charge is 0.160 e. The topological polar surface area (TPSA) is 59.4 Å². The van der Waals surface area contributed by atoms with Crippen molar-refractivity contribution in [3.05, 3.63) is 204 Å². The Morgan fingerprint density at radius 3 is 1.05 bits per heavy atom. The fraction of sp³-hybridized carbons (Fsp3) is 0.232. The van der Waals surface area contributed by atoms with Crippen molar-refractivity contribution in [1.29, 1.82) is 5.26 Å². The average Bonchev–Trinajstić information content (AvgIpc) is 3.89. The quantitative estimate of drug-likeness (QED) is 0.167. The van der Waals surface area contributed by atoms with Crippen LogP contribution in [0.5, 0.6) is 0 Å². The zero-order valence-corrected chi connectivity index (χ0v) is 45.0. The first kappa shape index (κ1) is 48.2. The van der Waals surface area contributed by atoms with Gasteiger partial charge in [-0.2, -0.15) is 5.26 Å². The van der Waals surface area contributed by atoms with Crippen molar-refractivity contribution in [2.45, 2.75) is 105 Å². The Kier molecular flexibility index (Phi) is 11.4. The van der Waals surface area contributed by atoms with Crippen LogP contribution in [0.2, 0.25) is 0 Å². The van der Waals surface area contributed by atoms with E-state index in [2.05, 4.69) is 256 Å². The molecular weight excluding hydrogens is 899 g/mol. The lowest BCUT2D eigenvalue weighted by atomic mass is 9.85. The van der Waals surface area contributed by atoms with Crippen LogP contribution in [0.4, 0.5) is 0 Å². The summed E-state index contributed by atoms with van der Waals surface area (Å²) in [5.41, 5.74) is 18.3. The number of benzene rings is 8. The van der Waals surface area contributed by atoms with E-state index in [1.54, 1.807) is 0 Å². The second-order valence-corrected chi connectivity index (χ2v) is 24.4. The van der Waals surface area contributed by atoms with Gasteiger partial charge in [0.15, 0.2) is 5.82 Å². The third-order valence-electron chi connectivity index (χ3n) is 15.0. The van der Waals surface area contributed by atoms with E-state index in [9.17, 15) is 5.26 Å². The summed E-state index contributed by atoms with van der Waals surface area (Å²) >= 11 is 0. The standard InChI is InChI=1S/C69H65N5/c1-66(2,3)47-25-31-61-53(37-47)54-38-48(67(4,5)6)26-32-62(54)73(61)59-29-23-43(42-70)35-51(59)52-36-46(65-71-57(44-19-15-13-16-20-44)41-58(72-65)45-21-17-14-18-22-45)24-30-60(52)74-63-33-27-49(68(7,8)9)39-55(63)56-40-50(69(10,11)12)28-34-64(56)74/h13-41H,1-12H3. The zero-order chi connectivity index (χ0) is 52.1. The molecule has 0 saturated heterocycles. The fourth-order valence-corrected chi connectivity index (χ4v) is 10.6. The van der Waals surface area contributed by atoms with Crippen molar-refractivity contribution in [3.8, 4) is 62.5 Å². The molecule has 0 unspecified atom stereocenters. The van der Waals surface area contributed by atoms with Crippen LogP contribution >= 0.6 is 0 Å². The Bertz CT molecular complexity index is 3840. The van der Waals surface area contributed by atoms with E-state index in [1.165, 1.54) is 43.8 Å². The van der Waals surface area contributed by atoms with E-state index < -0.39 is 0 Å².